The molecule has 138 valence electrons. The summed E-state index contributed by atoms with van der Waals surface area (Å²) in [6.45, 7) is 1.81. The minimum Gasteiger partial charge on any atom is -0.508 e. The van der Waals surface area contributed by atoms with Crippen LogP contribution < -0.4 is 10.1 Å². The van der Waals surface area contributed by atoms with Gasteiger partial charge < -0.3 is 15.2 Å². The number of para-hydroxylation sites is 1. The normalized spacial score (nSPS) is 11.6. The van der Waals surface area contributed by atoms with Crippen LogP contribution in [-0.2, 0) is 11.2 Å². The number of carbonyl (C=O) groups excluding carboxylic acids is 1. The first-order chi connectivity index (χ1) is 13.1. The molecular formula is C23H23NO3. The zero-order valence-corrected chi connectivity index (χ0v) is 15.3. The largest absolute Gasteiger partial charge is 0.508 e. The van der Waals surface area contributed by atoms with Crippen LogP contribution in [0.15, 0.2) is 78.9 Å². The number of rotatable bonds is 7. The summed E-state index contributed by atoms with van der Waals surface area (Å²) in [4.78, 5) is 12.3. The van der Waals surface area contributed by atoms with Gasteiger partial charge in [0.1, 0.15) is 11.5 Å². The molecule has 4 heteroatoms. The van der Waals surface area contributed by atoms with E-state index in [1.165, 1.54) is 5.56 Å². The molecule has 0 saturated carbocycles. The van der Waals surface area contributed by atoms with E-state index < -0.39 is 0 Å². The van der Waals surface area contributed by atoms with E-state index in [0.717, 1.165) is 17.5 Å². The second kappa shape index (κ2) is 8.90. The summed E-state index contributed by atoms with van der Waals surface area (Å²) in [5, 5.41) is 12.5. The smallest absolute Gasteiger partial charge is 0.258 e. The molecule has 1 atom stereocenters. The Balaban J connectivity index is 1.59. The van der Waals surface area contributed by atoms with E-state index in [1.807, 2.05) is 55.5 Å². The van der Waals surface area contributed by atoms with Crippen LogP contribution in [0.4, 0.5) is 0 Å². The number of aromatic hydroxyl groups is 1. The highest BCUT2D eigenvalue weighted by molar-refractivity contribution is 5.78. The van der Waals surface area contributed by atoms with Gasteiger partial charge in [-0.2, -0.15) is 0 Å². The first-order valence-corrected chi connectivity index (χ1v) is 8.95. The number of benzene rings is 3. The lowest BCUT2D eigenvalue weighted by Gasteiger charge is -2.16. The Morgan fingerprint density at radius 3 is 2.52 bits per heavy atom. The molecule has 3 aromatic carbocycles. The van der Waals surface area contributed by atoms with Gasteiger partial charge in [-0.15, -0.1) is 0 Å². The van der Waals surface area contributed by atoms with E-state index in [-0.39, 0.29) is 24.3 Å². The maximum atomic E-state index is 12.3. The first-order valence-electron chi connectivity index (χ1n) is 8.95. The molecular weight excluding hydrogens is 338 g/mol. The summed E-state index contributed by atoms with van der Waals surface area (Å²) in [7, 11) is 0. The van der Waals surface area contributed by atoms with Gasteiger partial charge in [0.25, 0.3) is 5.91 Å². The lowest BCUT2D eigenvalue weighted by Crippen LogP contribution is -2.31. The molecule has 1 unspecified atom stereocenters. The minimum atomic E-state index is -0.215. The molecule has 2 N–H and O–H groups in total. The highest BCUT2D eigenvalue weighted by Crippen LogP contribution is 2.22. The number of hydrogen-bond acceptors (Lipinski definition) is 3. The molecule has 0 heterocycles. The van der Waals surface area contributed by atoms with Crippen LogP contribution in [0.2, 0.25) is 0 Å². The molecule has 0 bridgehead atoms. The Hall–Kier alpha value is -3.27. The van der Waals surface area contributed by atoms with E-state index in [4.69, 9.17) is 4.74 Å². The number of phenols is 1. The van der Waals surface area contributed by atoms with Gasteiger partial charge in [0.2, 0.25) is 0 Å². The van der Waals surface area contributed by atoms with Gasteiger partial charge in [-0.25, -0.2) is 0 Å². The maximum absolute atomic E-state index is 12.3. The van der Waals surface area contributed by atoms with Gasteiger partial charge in [0, 0.05) is 6.42 Å². The third kappa shape index (κ3) is 5.35. The number of carbonyl (C=O) groups is 1. The van der Waals surface area contributed by atoms with Crippen LogP contribution in [0, 0.1) is 0 Å². The fourth-order valence-corrected chi connectivity index (χ4v) is 2.91. The predicted octanol–water partition coefficient (Wildman–Crippen LogP) is 4.24. The number of amides is 1. The summed E-state index contributed by atoms with van der Waals surface area (Å²) < 4.78 is 5.77. The maximum Gasteiger partial charge on any atom is 0.258 e. The average Bonchev–Trinajstić information content (AvgIpc) is 2.68. The summed E-state index contributed by atoms with van der Waals surface area (Å²) in [5.41, 5.74) is 3.07. The molecule has 0 saturated heterocycles. The molecule has 0 aromatic heterocycles. The molecule has 0 spiro atoms. The molecule has 4 nitrogen and oxygen atoms in total. The molecule has 27 heavy (non-hydrogen) atoms. The van der Waals surface area contributed by atoms with Crippen molar-refractivity contribution >= 4 is 5.91 Å². The van der Waals surface area contributed by atoms with Gasteiger partial charge >= 0.3 is 0 Å². The predicted molar refractivity (Wildman–Crippen MR) is 106 cm³/mol. The topological polar surface area (TPSA) is 58.6 Å². The molecule has 0 fully saturated rings. The van der Waals surface area contributed by atoms with Crippen molar-refractivity contribution in [3.8, 4) is 11.5 Å². The van der Waals surface area contributed by atoms with Crippen molar-refractivity contribution in [3.05, 3.63) is 95.6 Å². The van der Waals surface area contributed by atoms with Crippen LogP contribution in [0.1, 0.15) is 29.7 Å². The third-order valence-electron chi connectivity index (χ3n) is 4.32. The van der Waals surface area contributed by atoms with E-state index in [0.29, 0.717) is 5.75 Å². The van der Waals surface area contributed by atoms with Crippen molar-refractivity contribution in [2.24, 2.45) is 0 Å². The lowest BCUT2D eigenvalue weighted by atomic mass is 10.0. The number of ether oxygens (including phenoxy) is 1. The zero-order chi connectivity index (χ0) is 19.1. The van der Waals surface area contributed by atoms with Crippen LogP contribution in [0.5, 0.6) is 11.5 Å². The molecule has 3 rings (SSSR count). The van der Waals surface area contributed by atoms with Crippen molar-refractivity contribution in [3.63, 3.8) is 0 Å². The SMILES string of the molecule is CC(NC(=O)COc1ccccc1Cc1ccccc1)c1cccc(O)c1. The quantitative estimate of drug-likeness (QED) is 0.662. The Labute approximate surface area is 159 Å². The van der Waals surface area contributed by atoms with Crippen LogP contribution >= 0.6 is 0 Å². The van der Waals surface area contributed by atoms with Crippen molar-refractivity contribution in [1.29, 1.82) is 0 Å². The Morgan fingerprint density at radius 1 is 1.00 bits per heavy atom. The highest BCUT2D eigenvalue weighted by Gasteiger charge is 2.12. The molecule has 0 radical (unpaired) electrons. The van der Waals surface area contributed by atoms with Crippen molar-refractivity contribution in [2.45, 2.75) is 19.4 Å². The second-order valence-corrected chi connectivity index (χ2v) is 6.44. The van der Waals surface area contributed by atoms with Gasteiger partial charge in [0.05, 0.1) is 6.04 Å². The molecule has 0 aliphatic carbocycles. The van der Waals surface area contributed by atoms with E-state index in [9.17, 15) is 9.90 Å². The lowest BCUT2D eigenvalue weighted by molar-refractivity contribution is -0.123. The average molecular weight is 361 g/mol. The monoisotopic (exact) mass is 361 g/mol. The van der Waals surface area contributed by atoms with Gasteiger partial charge in [0.15, 0.2) is 6.61 Å². The standard InChI is InChI=1S/C23H23NO3/c1-17(19-11-7-12-21(25)15-19)24-23(26)16-27-22-13-6-5-10-20(22)14-18-8-3-2-4-9-18/h2-13,15,17,25H,14,16H2,1H3,(H,24,26). The molecule has 1 amide bonds. The fraction of sp³-hybridized carbons (Fsp3) is 0.174. The molecule has 0 aliphatic heterocycles. The van der Waals surface area contributed by atoms with Gasteiger partial charge in [-0.3, -0.25) is 4.79 Å². The third-order valence-corrected chi connectivity index (χ3v) is 4.32. The van der Waals surface area contributed by atoms with E-state index in [1.54, 1.807) is 18.2 Å². The van der Waals surface area contributed by atoms with Crippen LogP contribution in [0.3, 0.4) is 0 Å². The van der Waals surface area contributed by atoms with Gasteiger partial charge in [-0.1, -0.05) is 60.7 Å². The Kier molecular flexibility index (Phi) is 6.10. The van der Waals surface area contributed by atoms with Crippen molar-refractivity contribution in [1.82, 2.24) is 5.32 Å². The second-order valence-electron chi connectivity index (χ2n) is 6.44. The van der Waals surface area contributed by atoms with Crippen LogP contribution in [0.25, 0.3) is 0 Å². The summed E-state index contributed by atoms with van der Waals surface area (Å²) >= 11 is 0. The van der Waals surface area contributed by atoms with E-state index in [2.05, 4.69) is 17.4 Å². The Bertz CT molecular complexity index is 893. The van der Waals surface area contributed by atoms with E-state index >= 15 is 0 Å². The van der Waals surface area contributed by atoms with Gasteiger partial charge in [-0.05, 0) is 41.8 Å². The van der Waals surface area contributed by atoms with Crippen molar-refractivity contribution < 1.29 is 14.6 Å². The first kappa shape index (κ1) is 18.5. The molecule has 0 aliphatic rings. The highest BCUT2D eigenvalue weighted by atomic mass is 16.5. The number of nitrogens with one attached hydrogen (secondary N) is 1. The number of hydrogen-bond donors (Lipinski definition) is 2. The zero-order valence-electron chi connectivity index (χ0n) is 15.3. The summed E-state index contributed by atoms with van der Waals surface area (Å²) in [5.74, 6) is 0.682. The van der Waals surface area contributed by atoms with Crippen LogP contribution in [-0.4, -0.2) is 17.6 Å². The minimum absolute atomic E-state index is 0.0606. The number of phenolic OH excluding ortho intramolecular Hbond substituents is 1. The summed E-state index contributed by atoms with van der Waals surface area (Å²) in [6.07, 6.45) is 0.748. The summed E-state index contributed by atoms with van der Waals surface area (Å²) in [6, 6.07) is 24.5. The fourth-order valence-electron chi connectivity index (χ4n) is 2.91. The molecule has 3 aromatic rings. The van der Waals surface area contributed by atoms with Crippen molar-refractivity contribution in [2.75, 3.05) is 6.61 Å². The Morgan fingerprint density at radius 2 is 1.74 bits per heavy atom.